The number of aromatic carboxylic acids is 1. The van der Waals surface area contributed by atoms with Gasteiger partial charge in [0, 0.05) is 11.4 Å². The fourth-order valence-corrected chi connectivity index (χ4v) is 2.28. The smallest absolute Gasteiger partial charge is 0.335 e. The molecule has 4 nitrogen and oxygen atoms in total. The van der Waals surface area contributed by atoms with E-state index < -0.39 is 5.97 Å². The molecule has 0 saturated carbocycles. The van der Waals surface area contributed by atoms with Crippen molar-refractivity contribution in [2.24, 2.45) is 0 Å². The van der Waals surface area contributed by atoms with Gasteiger partial charge in [-0.1, -0.05) is 6.07 Å². The summed E-state index contributed by atoms with van der Waals surface area (Å²) in [5, 5.41) is 11.6. The number of hydrogen-bond acceptors (Lipinski definition) is 3. The minimum absolute atomic E-state index is 0.0203. The lowest BCUT2D eigenvalue weighted by molar-refractivity contribution is -0.118. The van der Waals surface area contributed by atoms with Crippen LogP contribution in [0.5, 0.6) is 0 Å². The summed E-state index contributed by atoms with van der Waals surface area (Å²) in [6, 6.07) is 4.92. The van der Waals surface area contributed by atoms with E-state index in [1.807, 2.05) is 0 Å². The van der Waals surface area contributed by atoms with Crippen molar-refractivity contribution in [2.75, 3.05) is 5.75 Å². The van der Waals surface area contributed by atoms with Crippen molar-refractivity contribution in [3.05, 3.63) is 29.3 Å². The molecule has 1 amide bonds. The van der Waals surface area contributed by atoms with E-state index in [2.05, 4.69) is 5.32 Å². The zero-order valence-corrected chi connectivity index (χ0v) is 8.63. The van der Waals surface area contributed by atoms with Gasteiger partial charge in [0.15, 0.2) is 0 Å². The maximum Gasteiger partial charge on any atom is 0.335 e. The Kier molecular flexibility index (Phi) is 2.64. The van der Waals surface area contributed by atoms with Gasteiger partial charge in [-0.25, -0.2) is 4.79 Å². The van der Waals surface area contributed by atoms with Crippen molar-refractivity contribution in [1.82, 2.24) is 5.32 Å². The fraction of sp³-hybridized carbons (Fsp3) is 0.200. The number of thioether (sulfide) groups is 1. The molecule has 0 radical (unpaired) electrons. The standard InChI is InChI=1S/C10H9NO3S/c12-9-5-15-8-3-6(10(13)14)1-2-7(8)4-11-9/h1-3H,4-5H2,(H,11,12)(H,13,14). The third-order valence-corrected chi connectivity index (χ3v) is 3.25. The number of carboxylic acid groups (broad SMARTS) is 1. The predicted molar refractivity (Wildman–Crippen MR) is 56.0 cm³/mol. The van der Waals surface area contributed by atoms with E-state index >= 15 is 0 Å². The normalized spacial score (nSPS) is 15.1. The molecule has 0 saturated heterocycles. The van der Waals surface area contributed by atoms with E-state index in [0.717, 1.165) is 10.5 Å². The Morgan fingerprint density at radius 3 is 3.00 bits per heavy atom. The average Bonchev–Trinajstić information content (AvgIpc) is 2.40. The topological polar surface area (TPSA) is 66.4 Å². The number of fused-ring (bicyclic) bond motifs is 1. The van der Waals surface area contributed by atoms with Gasteiger partial charge in [0.1, 0.15) is 0 Å². The second-order valence-corrected chi connectivity index (χ2v) is 4.21. The van der Waals surface area contributed by atoms with E-state index in [1.165, 1.54) is 11.8 Å². The maximum atomic E-state index is 11.1. The monoisotopic (exact) mass is 223 g/mol. The quantitative estimate of drug-likeness (QED) is 0.748. The third-order valence-electron chi connectivity index (χ3n) is 2.15. The first-order chi connectivity index (χ1) is 7.16. The van der Waals surface area contributed by atoms with Crippen LogP contribution < -0.4 is 5.32 Å². The molecule has 0 spiro atoms. The summed E-state index contributed by atoms with van der Waals surface area (Å²) < 4.78 is 0. The van der Waals surface area contributed by atoms with Gasteiger partial charge in [-0.15, -0.1) is 11.8 Å². The number of carboxylic acids is 1. The molecule has 0 fully saturated rings. The summed E-state index contributed by atoms with van der Waals surface area (Å²) in [7, 11) is 0. The van der Waals surface area contributed by atoms with Crippen LogP contribution in [0.15, 0.2) is 23.1 Å². The summed E-state index contributed by atoms with van der Waals surface area (Å²) in [6.45, 7) is 0.473. The summed E-state index contributed by atoms with van der Waals surface area (Å²) in [6.07, 6.45) is 0. The highest BCUT2D eigenvalue weighted by Crippen LogP contribution is 2.26. The summed E-state index contributed by atoms with van der Waals surface area (Å²) in [4.78, 5) is 22.7. The summed E-state index contributed by atoms with van der Waals surface area (Å²) >= 11 is 1.37. The maximum absolute atomic E-state index is 11.1. The SMILES string of the molecule is O=C1CSc2cc(C(=O)O)ccc2CN1. The van der Waals surface area contributed by atoms with Crippen molar-refractivity contribution >= 4 is 23.6 Å². The molecule has 0 aromatic heterocycles. The van der Waals surface area contributed by atoms with Gasteiger partial charge >= 0.3 is 5.97 Å². The first kappa shape index (κ1) is 10.0. The zero-order valence-electron chi connectivity index (χ0n) is 7.82. The van der Waals surface area contributed by atoms with Gasteiger partial charge in [-0.05, 0) is 17.7 Å². The zero-order chi connectivity index (χ0) is 10.8. The van der Waals surface area contributed by atoms with Crippen LogP contribution in [0.4, 0.5) is 0 Å². The van der Waals surface area contributed by atoms with Crippen LogP contribution in [0.2, 0.25) is 0 Å². The molecule has 1 aromatic rings. The van der Waals surface area contributed by atoms with Crippen molar-refractivity contribution < 1.29 is 14.7 Å². The Balaban J connectivity index is 2.36. The molecule has 2 rings (SSSR count). The minimum atomic E-state index is -0.943. The van der Waals surface area contributed by atoms with Gasteiger partial charge in [-0.2, -0.15) is 0 Å². The fourth-order valence-electron chi connectivity index (χ4n) is 1.36. The van der Waals surface area contributed by atoms with Crippen LogP contribution in [0, 0.1) is 0 Å². The van der Waals surface area contributed by atoms with E-state index in [1.54, 1.807) is 18.2 Å². The molecule has 0 atom stereocenters. The minimum Gasteiger partial charge on any atom is -0.478 e. The lowest BCUT2D eigenvalue weighted by Crippen LogP contribution is -2.22. The van der Waals surface area contributed by atoms with E-state index in [-0.39, 0.29) is 11.5 Å². The van der Waals surface area contributed by atoms with Gasteiger partial charge in [0.2, 0.25) is 5.91 Å². The van der Waals surface area contributed by atoms with Crippen LogP contribution in [0.1, 0.15) is 15.9 Å². The Hall–Kier alpha value is -1.49. The molecule has 0 unspecified atom stereocenters. The van der Waals surface area contributed by atoms with Crippen molar-refractivity contribution in [1.29, 1.82) is 0 Å². The molecule has 2 N–H and O–H groups in total. The van der Waals surface area contributed by atoms with Crippen LogP contribution in [0.3, 0.4) is 0 Å². The molecule has 78 valence electrons. The first-order valence-electron chi connectivity index (χ1n) is 4.42. The van der Waals surface area contributed by atoms with Crippen LogP contribution >= 0.6 is 11.8 Å². The molecule has 1 aliphatic rings. The molecular formula is C10H9NO3S. The number of nitrogens with one attached hydrogen (secondary N) is 1. The van der Waals surface area contributed by atoms with Gasteiger partial charge in [0.05, 0.1) is 11.3 Å². The number of hydrogen-bond donors (Lipinski definition) is 2. The number of carbonyl (C=O) groups is 2. The molecule has 1 aromatic carbocycles. The Labute approximate surface area is 90.7 Å². The number of benzene rings is 1. The molecule has 0 bridgehead atoms. The molecule has 1 aliphatic heterocycles. The van der Waals surface area contributed by atoms with E-state index in [4.69, 9.17) is 5.11 Å². The highest BCUT2D eigenvalue weighted by atomic mass is 32.2. The lowest BCUT2D eigenvalue weighted by Gasteiger charge is -2.04. The summed E-state index contributed by atoms with van der Waals surface area (Å²) in [5.41, 5.74) is 1.23. The molecule has 0 aliphatic carbocycles. The number of rotatable bonds is 1. The predicted octanol–water partition coefficient (Wildman–Crippen LogP) is 1.11. The van der Waals surface area contributed by atoms with Crippen molar-refractivity contribution in [3.63, 3.8) is 0 Å². The Morgan fingerprint density at radius 1 is 1.47 bits per heavy atom. The highest BCUT2D eigenvalue weighted by Gasteiger charge is 2.14. The lowest BCUT2D eigenvalue weighted by atomic mass is 10.1. The van der Waals surface area contributed by atoms with Crippen LogP contribution in [-0.2, 0) is 11.3 Å². The Morgan fingerprint density at radius 2 is 2.27 bits per heavy atom. The van der Waals surface area contributed by atoms with Crippen LogP contribution in [0.25, 0.3) is 0 Å². The number of amides is 1. The van der Waals surface area contributed by atoms with E-state index in [9.17, 15) is 9.59 Å². The highest BCUT2D eigenvalue weighted by molar-refractivity contribution is 8.00. The molecule has 15 heavy (non-hydrogen) atoms. The van der Waals surface area contributed by atoms with E-state index in [0.29, 0.717) is 12.3 Å². The summed E-state index contributed by atoms with van der Waals surface area (Å²) in [5.74, 6) is -0.620. The average molecular weight is 223 g/mol. The van der Waals surface area contributed by atoms with Gasteiger partial charge < -0.3 is 10.4 Å². The van der Waals surface area contributed by atoms with Gasteiger partial charge in [-0.3, -0.25) is 4.79 Å². The molecular weight excluding hydrogens is 214 g/mol. The number of carbonyl (C=O) groups excluding carboxylic acids is 1. The van der Waals surface area contributed by atoms with Crippen molar-refractivity contribution in [2.45, 2.75) is 11.4 Å². The largest absolute Gasteiger partial charge is 0.478 e. The second kappa shape index (κ2) is 3.94. The molecule has 5 heteroatoms. The first-order valence-corrected chi connectivity index (χ1v) is 5.41. The Bertz CT molecular complexity index is 431. The van der Waals surface area contributed by atoms with Gasteiger partial charge in [0.25, 0.3) is 0 Å². The van der Waals surface area contributed by atoms with Crippen LogP contribution in [-0.4, -0.2) is 22.7 Å². The third kappa shape index (κ3) is 2.12. The molecule has 1 heterocycles. The van der Waals surface area contributed by atoms with Crippen molar-refractivity contribution in [3.8, 4) is 0 Å². The second-order valence-electron chi connectivity index (χ2n) is 3.19.